The molecule has 1 aliphatic heterocycles. The maximum Gasteiger partial charge on any atom is 0.231 e. The first-order valence-electron chi connectivity index (χ1n) is 8.95. The zero-order chi connectivity index (χ0) is 18.7. The molecule has 0 unspecified atom stereocenters. The summed E-state index contributed by atoms with van der Waals surface area (Å²) in [5.74, 6) is 0.0242. The normalized spacial score (nSPS) is 25.3. The van der Waals surface area contributed by atoms with Gasteiger partial charge >= 0.3 is 0 Å². The molecule has 1 N–H and O–H groups in total. The van der Waals surface area contributed by atoms with E-state index in [1.807, 2.05) is 6.07 Å². The molecule has 2 aromatic rings. The molecule has 138 valence electrons. The molecule has 2 aliphatic rings. The lowest BCUT2D eigenvalue weighted by molar-refractivity contribution is -0.124. The molecule has 0 radical (unpaired) electrons. The second-order valence-electron chi connectivity index (χ2n) is 7.74. The molecule has 0 bridgehead atoms. The summed E-state index contributed by atoms with van der Waals surface area (Å²) in [4.78, 5) is 13.2. The van der Waals surface area contributed by atoms with Crippen molar-refractivity contribution in [3.63, 3.8) is 0 Å². The molecule has 1 aliphatic carbocycles. The first-order chi connectivity index (χ1) is 12.2. The van der Waals surface area contributed by atoms with Crippen molar-refractivity contribution in [2.75, 3.05) is 0 Å². The highest BCUT2D eigenvalue weighted by Crippen LogP contribution is 2.50. The quantitative estimate of drug-likeness (QED) is 0.868. The number of carbonyl (C=O) groups is 1. The Labute approximate surface area is 158 Å². The highest BCUT2D eigenvalue weighted by Gasteiger charge is 2.52. The number of rotatable bonds is 3. The van der Waals surface area contributed by atoms with Crippen molar-refractivity contribution < 1.29 is 13.2 Å². The van der Waals surface area contributed by atoms with Crippen LogP contribution in [0.4, 0.5) is 0 Å². The number of amides is 1. The predicted molar refractivity (Wildman–Crippen MR) is 103 cm³/mol. The van der Waals surface area contributed by atoms with Crippen LogP contribution < -0.4 is 5.32 Å². The summed E-state index contributed by atoms with van der Waals surface area (Å²) in [6.07, 6.45) is 2.12. The Morgan fingerprint density at radius 3 is 2.46 bits per heavy atom. The molecule has 0 spiro atoms. The Kier molecular flexibility index (Phi) is 4.04. The Hall–Kier alpha value is -1.66. The summed E-state index contributed by atoms with van der Waals surface area (Å²) >= 11 is 1.25. The monoisotopic (exact) mass is 389 g/mol. The van der Waals surface area contributed by atoms with Gasteiger partial charge in [-0.15, -0.1) is 11.3 Å². The average Bonchev–Trinajstić information content (AvgIpc) is 3.21. The van der Waals surface area contributed by atoms with Gasteiger partial charge < -0.3 is 5.32 Å². The van der Waals surface area contributed by atoms with Crippen LogP contribution in [0.5, 0.6) is 0 Å². The van der Waals surface area contributed by atoms with Gasteiger partial charge in [0, 0.05) is 5.56 Å². The maximum atomic E-state index is 13.2. The third-order valence-corrected chi connectivity index (χ3v) is 9.37. The summed E-state index contributed by atoms with van der Waals surface area (Å²) in [5.41, 5.74) is 3.70. The predicted octanol–water partition coefficient (Wildman–Crippen LogP) is 3.82. The highest BCUT2D eigenvalue weighted by atomic mass is 32.2. The summed E-state index contributed by atoms with van der Waals surface area (Å²) in [6.45, 7) is 5.83. The third-order valence-electron chi connectivity index (χ3n) is 5.65. The minimum atomic E-state index is -3.26. The summed E-state index contributed by atoms with van der Waals surface area (Å²) in [5, 5.41) is 4.50. The van der Waals surface area contributed by atoms with Gasteiger partial charge in [0.2, 0.25) is 5.91 Å². The van der Waals surface area contributed by atoms with Gasteiger partial charge in [-0.2, -0.15) is 0 Å². The van der Waals surface area contributed by atoms with E-state index in [1.54, 1.807) is 12.3 Å². The molecular weight excluding hydrogens is 366 g/mol. The van der Waals surface area contributed by atoms with Gasteiger partial charge in [0.25, 0.3) is 0 Å². The van der Waals surface area contributed by atoms with E-state index in [4.69, 9.17) is 0 Å². The summed E-state index contributed by atoms with van der Waals surface area (Å²) in [7, 11) is -3.26. The molecule has 6 heteroatoms. The van der Waals surface area contributed by atoms with Crippen molar-refractivity contribution in [2.45, 2.75) is 60.9 Å². The minimum absolute atomic E-state index is 0.0242. The number of sulfone groups is 1. The van der Waals surface area contributed by atoms with Crippen molar-refractivity contribution >= 4 is 27.1 Å². The lowest BCUT2D eigenvalue weighted by Crippen LogP contribution is -2.41. The van der Waals surface area contributed by atoms with E-state index in [9.17, 15) is 13.2 Å². The van der Waals surface area contributed by atoms with E-state index < -0.39 is 20.5 Å². The van der Waals surface area contributed by atoms with Crippen molar-refractivity contribution in [3.05, 3.63) is 51.9 Å². The lowest BCUT2D eigenvalue weighted by atomic mass is 9.91. The van der Waals surface area contributed by atoms with E-state index in [0.29, 0.717) is 10.6 Å². The van der Waals surface area contributed by atoms with Crippen LogP contribution in [0.25, 0.3) is 0 Å². The van der Waals surface area contributed by atoms with Gasteiger partial charge in [-0.3, -0.25) is 4.79 Å². The fourth-order valence-corrected chi connectivity index (χ4v) is 7.25. The molecular formula is C20H23NO3S2. The van der Waals surface area contributed by atoms with Crippen LogP contribution in [0.3, 0.4) is 0 Å². The first kappa shape index (κ1) is 17.7. The Balaban J connectivity index is 1.63. The number of nitrogens with one attached hydrogen (secondary N) is 1. The first-order valence-corrected chi connectivity index (χ1v) is 11.4. The molecule has 1 amide bonds. The molecule has 2 heterocycles. The van der Waals surface area contributed by atoms with Crippen molar-refractivity contribution in [3.8, 4) is 0 Å². The molecule has 1 fully saturated rings. The fraction of sp³-hybridized carbons (Fsp3) is 0.450. The van der Waals surface area contributed by atoms with Crippen LogP contribution in [-0.4, -0.2) is 19.6 Å². The molecule has 4 nitrogen and oxygen atoms in total. The van der Waals surface area contributed by atoms with Crippen LogP contribution in [0.1, 0.15) is 54.5 Å². The van der Waals surface area contributed by atoms with Gasteiger partial charge in [0.1, 0.15) is 4.21 Å². The van der Waals surface area contributed by atoms with Crippen LogP contribution in [0, 0.1) is 13.8 Å². The third kappa shape index (κ3) is 2.70. The molecule has 0 saturated heterocycles. The van der Waals surface area contributed by atoms with Crippen molar-refractivity contribution in [2.24, 2.45) is 0 Å². The largest absolute Gasteiger partial charge is 0.348 e. The van der Waals surface area contributed by atoms with Gasteiger partial charge in [-0.1, -0.05) is 29.3 Å². The smallest absolute Gasteiger partial charge is 0.231 e. The zero-order valence-electron chi connectivity index (χ0n) is 15.2. The van der Waals surface area contributed by atoms with Crippen LogP contribution in [-0.2, 0) is 20.0 Å². The fourth-order valence-electron chi connectivity index (χ4n) is 4.02. The van der Waals surface area contributed by atoms with E-state index in [-0.39, 0.29) is 11.9 Å². The van der Waals surface area contributed by atoms with Crippen LogP contribution >= 0.6 is 11.3 Å². The van der Waals surface area contributed by atoms with Gasteiger partial charge in [0.05, 0.1) is 16.7 Å². The number of benzene rings is 1. The number of fused-ring (bicyclic) bond motifs is 1. The topological polar surface area (TPSA) is 63.2 Å². The van der Waals surface area contributed by atoms with E-state index >= 15 is 0 Å². The van der Waals surface area contributed by atoms with Gasteiger partial charge in [0.15, 0.2) is 9.84 Å². The minimum Gasteiger partial charge on any atom is -0.348 e. The Morgan fingerprint density at radius 2 is 1.85 bits per heavy atom. The summed E-state index contributed by atoms with van der Waals surface area (Å²) in [6, 6.07) is 7.92. The Morgan fingerprint density at radius 1 is 1.19 bits per heavy atom. The number of carbonyl (C=O) groups excluding carboxylic acids is 1. The number of hydrogen-bond donors (Lipinski definition) is 1. The van der Waals surface area contributed by atoms with E-state index in [0.717, 1.165) is 35.1 Å². The van der Waals surface area contributed by atoms with Crippen molar-refractivity contribution in [1.29, 1.82) is 0 Å². The van der Waals surface area contributed by atoms with Gasteiger partial charge in [-0.05, 0) is 57.0 Å². The second-order valence-corrected chi connectivity index (χ2v) is 11.2. The second kappa shape index (κ2) is 5.92. The SMILES string of the molecule is Cc1cc(C)cc(C2(C(=O)N[C@H]3C[C@H](C)S(=O)(=O)c4sccc43)CC2)c1. The average molecular weight is 390 g/mol. The van der Waals surface area contributed by atoms with Crippen LogP contribution in [0.15, 0.2) is 33.9 Å². The Bertz CT molecular complexity index is 966. The zero-order valence-corrected chi connectivity index (χ0v) is 16.8. The summed E-state index contributed by atoms with van der Waals surface area (Å²) < 4.78 is 25.4. The van der Waals surface area contributed by atoms with Gasteiger partial charge in [-0.25, -0.2) is 8.42 Å². The molecule has 4 rings (SSSR count). The highest BCUT2D eigenvalue weighted by molar-refractivity contribution is 7.94. The molecule has 26 heavy (non-hydrogen) atoms. The molecule has 1 aromatic heterocycles. The van der Waals surface area contributed by atoms with E-state index in [2.05, 4.69) is 37.4 Å². The number of thiophene rings is 1. The maximum absolute atomic E-state index is 13.2. The molecule has 1 saturated carbocycles. The van der Waals surface area contributed by atoms with E-state index in [1.165, 1.54) is 11.3 Å². The molecule has 2 atom stereocenters. The van der Waals surface area contributed by atoms with Crippen LogP contribution in [0.2, 0.25) is 0 Å². The number of aryl methyl sites for hydroxylation is 2. The van der Waals surface area contributed by atoms with Crippen molar-refractivity contribution in [1.82, 2.24) is 5.32 Å². The number of hydrogen-bond acceptors (Lipinski definition) is 4. The molecule has 1 aromatic carbocycles. The lowest BCUT2D eigenvalue weighted by Gasteiger charge is -2.29. The standard InChI is InChI=1S/C20H23NO3S2/c1-12-8-13(2)10-15(9-12)20(5-6-20)19(22)21-17-11-14(3)26(23,24)18-16(17)4-7-25-18/h4,7-10,14,17H,5-6,11H2,1-3H3,(H,21,22)/t14-,17-/m0/s1.